The Morgan fingerprint density at radius 1 is 1.35 bits per heavy atom. The van der Waals surface area contributed by atoms with Crippen molar-refractivity contribution >= 4 is 5.91 Å². The van der Waals surface area contributed by atoms with Crippen molar-refractivity contribution in [3.63, 3.8) is 0 Å². The minimum absolute atomic E-state index is 0.0413. The Labute approximate surface area is 134 Å². The van der Waals surface area contributed by atoms with Crippen LogP contribution in [0, 0.1) is 5.82 Å². The zero-order chi connectivity index (χ0) is 16.4. The molecule has 0 aliphatic carbocycles. The van der Waals surface area contributed by atoms with Gasteiger partial charge in [-0.1, -0.05) is 18.2 Å². The van der Waals surface area contributed by atoms with Crippen molar-refractivity contribution in [3.8, 4) is 11.5 Å². The zero-order valence-corrected chi connectivity index (χ0v) is 12.8. The average molecular weight is 315 g/mol. The first kappa shape index (κ1) is 15.3. The minimum atomic E-state index is -0.705. The second-order valence-electron chi connectivity index (χ2n) is 5.63. The molecule has 5 heteroatoms. The zero-order valence-electron chi connectivity index (χ0n) is 12.8. The number of hydrogen-bond donors (Lipinski definition) is 1. The smallest absolute Gasteiger partial charge is 0.227 e. The Morgan fingerprint density at radius 3 is 2.83 bits per heavy atom. The lowest BCUT2D eigenvalue weighted by Crippen LogP contribution is -2.45. The number of ether oxygens (including phenoxy) is 1. The molecule has 1 N–H and O–H groups in total. The SMILES string of the molecule is COc1cccc(C2CCN2C(=O)Cc2ccc(O)c(F)c2)c1. The van der Waals surface area contributed by atoms with Gasteiger partial charge in [-0.2, -0.15) is 0 Å². The largest absolute Gasteiger partial charge is 0.505 e. The van der Waals surface area contributed by atoms with E-state index >= 15 is 0 Å². The van der Waals surface area contributed by atoms with E-state index in [0.29, 0.717) is 12.1 Å². The molecule has 1 fully saturated rings. The van der Waals surface area contributed by atoms with E-state index in [1.54, 1.807) is 18.1 Å². The molecule has 0 aromatic heterocycles. The molecule has 0 saturated carbocycles. The number of nitrogens with zero attached hydrogens (tertiary/aromatic N) is 1. The topological polar surface area (TPSA) is 49.8 Å². The van der Waals surface area contributed by atoms with Gasteiger partial charge >= 0.3 is 0 Å². The van der Waals surface area contributed by atoms with Crippen LogP contribution in [0.15, 0.2) is 42.5 Å². The molecular weight excluding hydrogens is 297 g/mol. The second-order valence-corrected chi connectivity index (χ2v) is 5.63. The molecule has 0 radical (unpaired) electrons. The van der Waals surface area contributed by atoms with Gasteiger partial charge in [0.05, 0.1) is 19.6 Å². The first-order valence-electron chi connectivity index (χ1n) is 7.49. The Balaban J connectivity index is 1.71. The lowest BCUT2D eigenvalue weighted by molar-refractivity contribution is -0.138. The van der Waals surface area contributed by atoms with Crippen molar-refractivity contribution in [1.29, 1.82) is 0 Å². The number of amides is 1. The second kappa shape index (κ2) is 6.28. The van der Waals surface area contributed by atoms with Gasteiger partial charge in [0, 0.05) is 6.54 Å². The maximum absolute atomic E-state index is 13.4. The van der Waals surface area contributed by atoms with Crippen LogP contribution in [0.1, 0.15) is 23.6 Å². The van der Waals surface area contributed by atoms with Gasteiger partial charge in [0.25, 0.3) is 0 Å². The van der Waals surface area contributed by atoms with Crippen LogP contribution in [0.3, 0.4) is 0 Å². The van der Waals surface area contributed by atoms with E-state index in [9.17, 15) is 14.3 Å². The lowest BCUT2D eigenvalue weighted by Gasteiger charge is -2.41. The van der Waals surface area contributed by atoms with E-state index in [1.807, 2.05) is 24.3 Å². The molecule has 0 bridgehead atoms. The predicted molar refractivity (Wildman–Crippen MR) is 83.8 cm³/mol. The Hall–Kier alpha value is -2.56. The highest BCUT2D eigenvalue weighted by Crippen LogP contribution is 2.35. The summed E-state index contributed by atoms with van der Waals surface area (Å²) in [6.45, 7) is 0.696. The quantitative estimate of drug-likeness (QED) is 0.943. The number of aromatic hydroxyl groups is 1. The maximum atomic E-state index is 13.4. The van der Waals surface area contributed by atoms with Crippen LogP contribution < -0.4 is 4.74 Å². The van der Waals surface area contributed by atoms with Gasteiger partial charge in [0.2, 0.25) is 5.91 Å². The third-order valence-electron chi connectivity index (χ3n) is 4.19. The fraction of sp³-hybridized carbons (Fsp3) is 0.278. The van der Waals surface area contributed by atoms with E-state index in [2.05, 4.69) is 0 Å². The molecule has 120 valence electrons. The molecule has 1 unspecified atom stereocenters. The van der Waals surface area contributed by atoms with Crippen molar-refractivity contribution in [2.45, 2.75) is 18.9 Å². The molecule has 1 saturated heterocycles. The van der Waals surface area contributed by atoms with E-state index in [4.69, 9.17) is 4.74 Å². The average Bonchev–Trinajstić information content (AvgIpc) is 2.50. The van der Waals surface area contributed by atoms with Crippen molar-refractivity contribution in [3.05, 3.63) is 59.4 Å². The van der Waals surface area contributed by atoms with Gasteiger partial charge in [-0.3, -0.25) is 4.79 Å². The van der Waals surface area contributed by atoms with E-state index in [0.717, 1.165) is 17.7 Å². The Morgan fingerprint density at radius 2 is 2.17 bits per heavy atom. The number of phenols is 1. The normalized spacial score (nSPS) is 16.8. The summed E-state index contributed by atoms with van der Waals surface area (Å²) in [6, 6.07) is 11.8. The van der Waals surface area contributed by atoms with Gasteiger partial charge in [-0.05, 0) is 41.8 Å². The standard InChI is InChI=1S/C18H18FNO3/c1-23-14-4-2-3-13(11-14)16-7-8-20(16)18(22)10-12-5-6-17(21)15(19)9-12/h2-6,9,11,16,21H,7-8,10H2,1H3. The summed E-state index contributed by atoms with van der Waals surface area (Å²) in [5, 5.41) is 9.20. The van der Waals surface area contributed by atoms with Crippen LogP contribution in [0.5, 0.6) is 11.5 Å². The summed E-state index contributed by atoms with van der Waals surface area (Å²) in [5.41, 5.74) is 1.60. The fourth-order valence-electron chi connectivity index (χ4n) is 2.82. The van der Waals surface area contributed by atoms with Crippen molar-refractivity contribution in [2.75, 3.05) is 13.7 Å². The summed E-state index contributed by atoms with van der Waals surface area (Å²) < 4.78 is 18.6. The van der Waals surface area contributed by atoms with Crippen molar-refractivity contribution in [2.24, 2.45) is 0 Å². The molecular formula is C18H18FNO3. The highest BCUT2D eigenvalue weighted by molar-refractivity contribution is 5.80. The minimum Gasteiger partial charge on any atom is -0.505 e. The monoisotopic (exact) mass is 315 g/mol. The number of phenolic OH excluding ortho intramolecular Hbond substituents is 1. The molecule has 23 heavy (non-hydrogen) atoms. The van der Waals surface area contributed by atoms with Crippen LogP contribution in [-0.2, 0) is 11.2 Å². The molecule has 1 aliphatic heterocycles. The van der Waals surface area contributed by atoms with Gasteiger partial charge in [-0.25, -0.2) is 4.39 Å². The number of methoxy groups -OCH3 is 1. The number of hydrogen-bond acceptors (Lipinski definition) is 3. The number of rotatable bonds is 4. The number of halogens is 1. The summed E-state index contributed by atoms with van der Waals surface area (Å²) >= 11 is 0. The molecule has 1 atom stereocenters. The van der Waals surface area contributed by atoms with Gasteiger partial charge < -0.3 is 14.7 Å². The highest BCUT2D eigenvalue weighted by Gasteiger charge is 2.33. The Kier molecular flexibility index (Phi) is 4.19. The van der Waals surface area contributed by atoms with Crippen LogP contribution >= 0.6 is 0 Å². The summed E-state index contributed by atoms with van der Waals surface area (Å²) in [4.78, 5) is 14.2. The van der Waals surface area contributed by atoms with Crippen LogP contribution in [0.25, 0.3) is 0 Å². The summed E-state index contributed by atoms with van der Waals surface area (Å²) in [7, 11) is 1.61. The van der Waals surface area contributed by atoms with Gasteiger partial charge in [0.1, 0.15) is 5.75 Å². The molecule has 1 amide bonds. The molecule has 1 heterocycles. The van der Waals surface area contributed by atoms with E-state index in [1.165, 1.54) is 12.1 Å². The number of likely N-dealkylation sites (tertiary alicyclic amines) is 1. The van der Waals surface area contributed by atoms with Crippen molar-refractivity contribution in [1.82, 2.24) is 4.90 Å². The van der Waals surface area contributed by atoms with Crippen LogP contribution in [-0.4, -0.2) is 29.6 Å². The summed E-state index contributed by atoms with van der Waals surface area (Å²) in [5.74, 6) is -0.390. The first-order valence-corrected chi connectivity index (χ1v) is 7.49. The van der Waals surface area contributed by atoms with Crippen molar-refractivity contribution < 1.29 is 19.0 Å². The van der Waals surface area contributed by atoms with E-state index in [-0.39, 0.29) is 18.4 Å². The number of benzene rings is 2. The molecule has 2 aromatic carbocycles. The molecule has 4 nitrogen and oxygen atoms in total. The number of carbonyl (C=O) groups excluding carboxylic acids is 1. The van der Waals surface area contributed by atoms with Crippen LogP contribution in [0.4, 0.5) is 4.39 Å². The van der Waals surface area contributed by atoms with E-state index < -0.39 is 11.6 Å². The molecule has 0 spiro atoms. The first-order chi connectivity index (χ1) is 11.1. The predicted octanol–water partition coefficient (Wildman–Crippen LogP) is 3.06. The van der Waals surface area contributed by atoms with Gasteiger partial charge in [0.15, 0.2) is 11.6 Å². The maximum Gasteiger partial charge on any atom is 0.227 e. The third-order valence-corrected chi connectivity index (χ3v) is 4.19. The molecule has 3 rings (SSSR count). The molecule has 2 aromatic rings. The van der Waals surface area contributed by atoms with Crippen LogP contribution in [0.2, 0.25) is 0 Å². The fourth-order valence-corrected chi connectivity index (χ4v) is 2.82. The lowest BCUT2D eigenvalue weighted by atomic mass is 9.93. The third kappa shape index (κ3) is 3.13. The number of carbonyl (C=O) groups is 1. The molecule has 1 aliphatic rings. The van der Waals surface area contributed by atoms with Gasteiger partial charge in [-0.15, -0.1) is 0 Å². The Bertz CT molecular complexity index is 732. The summed E-state index contributed by atoms with van der Waals surface area (Å²) in [6.07, 6.45) is 1.03. The highest BCUT2D eigenvalue weighted by atomic mass is 19.1.